The number of hydrazone groups is 1. The predicted molar refractivity (Wildman–Crippen MR) is 103 cm³/mol. The molecule has 1 heterocycles. The number of nitrogens with one attached hydrogen (secondary N) is 4. The van der Waals surface area contributed by atoms with E-state index in [4.69, 9.17) is 33.3 Å². The summed E-state index contributed by atoms with van der Waals surface area (Å²) in [5.74, 6) is 1.31. The smallest absolute Gasteiger partial charge is 0.353 e. The van der Waals surface area contributed by atoms with Crippen molar-refractivity contribution in [1.29, 1.82) is 0 Å². The first kappa shape index (κ1) is 17.8. The Kier molecular flexibility index (Phi) is 5.72. The summed E-state index contributed by atoms with van der Waals surface area (Å²) in [6, 6.07) is 11.8. The summed E-state index contributed by atoms with van der Waals surface area (Å²) >= 11 is 11.1. The van der Waals surface area contributed by atoms with Crippen molar-refractivity contribution >= 4 is 46.9 Å². The summed E-state index contributed by atoms with van der Waals surface area (Å²) in [6.07, 6.45) is 1.47. The fourth-order valence-electron chi connectivity index (χ4n) is 2.02. The van der Waals surface area contributed by atoms with Crippen LogP contribution in [-0.2, 0) is 0 Å². The number of hydrogen-bond acceptors (Lipinski definition) is 5. The van der Waals surface area contributed by atoms with Crippen molar-refractivity contribution in [3.05, 3.63) is 53.1 Å². The fraction of sp³-hybridized carbons (Fsp3) is 0.0625. The summed E-state index contributed by atoms with van der Waals surface area (Å²) in [6.45, 7) is 0.199. The second-order valence-corrected chi connectivity index (χ2v) is 5.81. The number of fused-ring (bicyclic) bond motifs is 1. The molecule has 3 rings (SSSR count). The van der Waals surface area contributed by atoms with Crippen LogP contribution in [-0.4, -0.2) is 24.2 Å². The van der Waals surface area contributed by atoms with Gasteiger partial charge in [0.1, 0.15) is 0 Å². The Labute approximate surface area is 159 Å². The first-order valence-corrected chi connectivity index (χ1v) is 8.20. The molecule has 2 aromatic carbocycles. The van der Waals surface area contributed by atoms with Gasteiger partial charge in [0.15, 0.2) is 16.6 Å². The number of benzene rings is 2. The molecular weight excluding hydrogens is 378 g/mol. The third-order valence-corrected chi connectivity index (χ3v) is 3.72. The summed E-state index contributed by atoms with van der Waals surface area (Å²) in [7, 11) is 0. The highest BCUT2D eigenvalue weighted by Gasteiger charge is 2.12. The largest absolute Gasteiger partial charge is 0.454 e. The number of anilines is 1. The van der Waals surface area contributed by atoms with Crippen molar-refractivity contribution in [3.63, 3.8) is 0 Å². The number of nitrogens with zero attached hydrogens (tertiary/aromatic N) is 1. The van der Waals surface area contributed by atoms with Gasteiger partial charge < -0.3 is 14.8 Å². The van der Waals surface area contributed by atoms with Gasteiger partial charge in [0, 0.05) is 0 Å². The normalized spacial score (nSPS) is 11.9. The highest BCUT2D eigenvalue weighted by Crippen LogP contribution is 2.31. The molecule has 0 saturated carbocycles. The van der Waals surface area contributed by atoms with Crippen molar-refractivity contribution in [2.24, 2.45) is 5.10 Å². The minimum Gasteiger partial charge on any atom is -0.454 e. The van der Waals surface area contributed by atoms with Gasteiger partial charge in [0.05, 0.1) is 16.9 Å². The van der Waals surface area contributed by atoms with Gasteiger partial charge >= 0.3 is 6.03 Å². The van der Waals surface area contributed by atoms with E-state index in [-0.39, 0.29) is 11.9 Å². The number of ether oxygens (including phenoxy) is 2. The molecule has 26 heavy (non-hydrogen) atoms. The van der Waals surface area contributed by atoms with Crippen molar-refractivity contribution in [2.45, 2.75) is 0 Å². The lowest BCUT2D eigenvalue weighted by Crippen LogP contribution is -2.47. The van der Waals surface area contributed by atoms with Crippen molar-refractivity contribution in [2.75, 3.05) is 12.1 Å². The fourth-order valence-corrected chi connectivity index (χ4v) is 2.36. The van der Waals surface area contributed by atoms with E-state index in [1.54, 1.807) is 36.4 Å². The van der Waals surface area contributed by atoms with Gasteiger partial charge in [-0.05, 0) is 48.1 Å². The molecule has 1 aliphatic rings. The molecular formula is C16H14ClN5O3S. The maximum Gasteiger partial charge on any atom is 0.353 e. The van der Waals surface area contributed by atoms with E-state index in [0.29, 0.717) is 22.2 Å². The van der Waals surface area contributed by atoms with Crippen LogP contribution in [0.2, 0.25) is 5.02 Å². The minimum atomic E-state index is -0.592. The number of hydrogen-bond donors (Lipinski definition) is 4. The first-order chi connectivity index (χ1) is 12.6. The molecule has 134 valence electrons. The lowest BCUT2D eigenvalue weighted by atomic mass is 10.2. The summed E-state index contributed by atoms with van der Waals surface area (Å²) in [5, 5.41) is 7.37. The Balaban J connectivity index is 1.42. The van der Waals surface area contributed by atoms with E-state index >= 15 is 0 Å². The Morgan fingerprint density at radius 1 is 1.15 bits per heavy atom. The first-order valence-electron chi connectivity index (χ1n) is 7.42. The van der Waals surface area contributed by atoms with E-state index < -0.39 is 6.03 Å². The molecule has 0 bridgehead atoms. The van der Waals surface area contributed by atoms with Crippen LogP contribution in [0.3, 0.4) is 0 Å². The SMILES string of the molecule is O=C(N/N=C/c1ccc2c(c1)OCO2)NNC(=S)Nc1ccccc1Cl. The minimum absolute atomic E-state index is 0.174. The molecule has 4 N–H and O–H groups in total. The van der Waals surface area contributed by atoms with Crippen molar-refractivity contribution in [3.8, 4) is 11.5 Å². The van der Waals surface area contributed by atoms with Gasteiger partial charge in [0.25, 0.3) is 0 Å². The second kappa shape index (κ2) is 8.37. The van der Waals surface area contributed by atoms with Gasteiger partial charge in [-0.2, -0.15) is 5.10 Å². The van der Waals surface area contributed by atoms with Crippen LogP contribution in [0.15, 0.2) is 47.6 Å². The molecule has 0 saturated heterocycles. The highest BCUT2D eigenvalue weighted by molar-refractivity contribution is 7.80. The van der Waals surface area contributed by atoms with Gasteiger partial charge in [-0.25, -0.2) is 15.6 Å². The molecule has 1 aliphatic heterocycles. The molecule has 0 atom stereocenters. The Morgan fingerprint density at radius 2 is 1.96 bits per heavy atom. The molecule has 0 aromatic heterocycles. The van der Waals surface area contributed by atoms with Crippen LogP contribution in [0.4, 0.5) is 10.5 Å². The van der Waals surface area contributed by atoms with Crippen LogP contribution in [0.5, 0.6) is 11.5 Å². The number of rotatable bonds is 3. The van der Waals surface area contributed by atoms with Crippen LogP contribution >= 0.6 is 23.8 Å². The number of hydrazine groups is 1. The van der Waals surface area contributed by atoms with Crippen LogP contribution < -0.4 is 31.1 Å². The molecule has 0 radical (unpaired) electrons. The summed E-state index contributed by atoms with van der Waals surface area (Å²) < 4.78 is 10.5. The van der Waals surface area contributed by atoms with Gasteiger partial charge in [0.2, 0.25) is 6.79 Å². The molecule has 10 heteroatoms. The quantitative estimate of drug-likeness (QED) is 0.365. The standard InChI is InChI=1S/C16H14ClN5O3S/c17-11-3-1-2-4-12(11)19-16(26)22-21-15(23)20-18-8-10-5-6-13-14(7-10)25-9-24-13/h1-8H,9H2,(H2,19,22,26)(H2,20,21,23)/b18-8+. The maximum absolute atomic E-state index is 11.7. The van der Waals surface area contributed by atoms with E-state index in [1.165, 1.54) is 6.21 Å². The lowest BCUT2D eigenvalue weighted by Gasteiger charge is -2.11. The third-order valence-electron chi connectivity index (χ3n) is 3.19. The average Bonchev–Trinajstić information content (AvgIpc) is 3.10. The van der Waals surface area contributed by atoms with Crippen molar-refractivity contribution in [1.82, 2.24) is 16.3 Å². The number of carbonyl (C=O) groups excluding carboxylic acids is 1. The Hall–Kier alpha value is -3.04. The molecule has 0 unspecified atom stereocenters. The van der Waals surface area contributed by atoms with Crippen LogP contribution in [0.25, 0.3) is 0 Å². The molecule has 2 amide bonds. The molecule has 0 fully saturated rings. The molecule has 0 aliphatic carbocycles. The Bertz CT molecular complexity index is 862. The summed E-state index contributed by atoms with van der Waals surface area (Å²) in [5.41, 5.74) is 8.54. The lowest BCUT2D eigenvalue weighted by molar-refractivity contribution is 0.174. The van der Waals surface area contributed by atoms with Gasteiger partial charge in [-0.1, -0.05) is 23.7 Å². The van der Waals surface area contributed by atoms with Gasteiger partial charge in [-0.3, -0.25) is 5.43 Å². The zero-order valence-corrected chi connectivity index (χ0v) is 14.9. The number of urea groups is 1. The predicted octanol–water partition coefficient (Wildman–Crippen LogP) is 2.60. The number of thiocarbonyl (C=S) groups is 1. The topological polar surface area (TPSA) is 96.0 Å². The van der Waals surface area contributed by atoms with Gasteiger partial charge in [-0.15, -0.1) is 0 Å². The monoisotopic (exact) mass is 391 g/mol. The van der Waals surface area contributed by atoms with E-state index in [2.05, 4.69) is 26.7 Å². The average molecular weight is 392 g/mol. The van der Waals surface area contributed by atoms with E-state index in [1.807, 2.05) is 6.07 Å². The van der Waals surface area contributed by atoms with Crippen LogP contribution in [0, 0.1) is 0 Å². The number of carbonyl (C=O) groups is 1. The molecule has 8 nitrogen and oxygen atoms in total. The molecule has 2 aromatic rings. The zero-order chi connectivity index (χ0) is 18.4. The zero-order valence-electron chi connectivity index (χ0n) is 13.3. The number of amides is 2. The third kappa shape index (κ3) is 4.74. The number of para-hydroxylation sites is 1. The summed E-state index contributed by atoms with van der Waals surface area (Å²) in [4.78, 5) is 11.7. The van der Waals surface area contributed by atoms with E-state index in [0.717, 1.165) is 5.56 Å². The number of halogens is 1. The molecule has 0 spiro atoms. The van der Waals surface area contributed by atoms with E-state index in [9.17, 15) is 4.79 Å². The Morgan fingerprint density at radius 3 is 2.81 bits per heavy atom. The second-order valence-electron chi connectivity index (χ2n) is 5.00. The highest BCUT2D eigenvalue weighted by atomic mass is 35.5. The maximum atomic E-state index is 11.7. The van der Waals surface area contributed by atoms with Crippen molar-refractivity contribution < 1.29 is 14.3 Å². The van der Waals surface area contributed by atoms with Crippen LogP contribution in [0.1, 0.15) is 5.56 Å².